The molecule has 2 rings (SSSR count). The highest BCUT2D eigenvalue weighted by Gasteiger charge is 2.17. The topological polar surface area (TPSA) is 12.0 Å². The zero-order valence-corrected chi connectivity index (χ0v) is 11.2. The number of fused-ring (bicyclic) bond motifs is 1. The van der Waals surface area contributed by atoms with Crippen LogP contribution < -0.4 is 5.32 Å². The van der Waals surface area contributed by atoms with Crippen molar-refractivity contribution in [2.75, 3.05) is 6.54 Å². The summed E-state index contributed by atoms with van der Waals surface area (Å²) >= 11 is 0. The van der Waals surface area contributed by atoms with Crippen LogP contribution in [-0.2, 0) is 6.42 Å². The monoisotopic (exact) mass is 231 g/mol. The van der Waals surface area contributed by atoms with E-state index in [0.717, 1.165) is 12.5 Å². The average Bonchev–Trinajstić information content (AvgIpc) is 2.58. The van der Waals surface area contributed by atoms with Crippen LogP contribution in [0.2, 0.25) is 0 Å². The maximum atomic E-state index is 3.77. The fraction of sp³-hybridized carbons (Fsp3) is 0.625. The van der Waals surface area contributed by atoms with Gasteiger partial charge in [0, 0.05) is 6.04 Å². The lowest BCUT2D eigenvalue weighted by Crippen LogP contribution is -2.26. The van der Waals surface area contributed by atoms with Gasteiger partial charge in [-0.2, -0.15) is 0 Å². The third-order valence-corrected chi connectivity index (χ3v) is 4.03. The first-order valence-corrected chi connectivity index (χ1v) is 7.12. The summed E-state index contributed by atoms with van der Waals surface area (Å²) in [7, 11) is 0. The normalized spacial score (nSPS) is 21.6. The second-order valence-electron chi connectivity index (χ2n) is 5.42. The molecule has 1 aromatic rings. The number of benzene rings is 1. The van der Waals surface area contributed by atoms with Crippen LogP contribution in [0.5, 0.6) is 0 Å². The Morgan fingerprint density at radius 1 is 1.29 bits per heavy atom. The van der Waals surface area contributed by atoms with E-state index < -0.39 is 0 Å². The van der Waals surface area contributed by atoms with Crippen LogP contribution in [0.1, 0.15) is 56.7 Å². The summed E-state index contributed by atoms with van der Waals surface area (Å²) < 4.78 is 0. The van der Waals surface area contributed by atoms with Gasteiger partial charge in [-0.05, 0) is 42.9 Å². The highest BCUT2D eigenvalue weighted by molar-refractivity contribution is 5.31. The predicted molar refractivity (Wildman–Crippen MR) is 74.2 cm³/mol. The molecule has 94 valence electrons. The Morgan fingerprint density at radius 3 is 2.94 bits per heavy atom. The average molecular weight is 231 g/mol. The molecular weight excluding hydrogens is 206 g/mol. The van der Waals surface area contributed by atoms with Gasteiger partial charge in [0.2, 0.25) is 0 Å². The van der Waals surface area contributed by atoms with E-state index in [1.54, 1.807) is 11.1 Å². The van der Waals surface area contributed by atoms with Gasteiger partial charge in [0.25, 0.3) is 0 Å². The molecule has 0 saturated carbocycles. The molecule has 0 saturated heterocycles. The first-order valence-electron chi connectivity index (χ1n) is 7.12. The molecule has 1 aliphatic carbocycles. The summed E-state index contributed by atoms with van der Waals surface area (Å²) in [5.74, 6) is 0.783. The van der Waals surface area contributed by atoms with E-state index in [9.17, 15) is 0 Å². The highest BCUT2D eigenvalue weighted by atomic mass is 14.9. The molecule has 2 unspecified atom stereocenters. The third-order valence-electron chi connectivity index (χ3n) is 4.03. The van der Waals surface area contributed by atoms with Crippen LogP contribution in [0.15, 0.2) is 24.3 Å². The van der Waals surface area contributed by atoms with E-state index in [-0.39, 0.29) is 0 Å². The van der Waals surface area contributed by atoms with Gasteiger partial charge in [-0.3, -0.25) is 0 Å². The van der Waals surface area contributed by atoms with Crippen LogP contribution in [0.3, 0.4) is 0 Å². The third kappa shape index (κ3) is 3.32. The summed E-state index contributed by atoms with van der Waals surface area (Å²) in [4.78, 5) is 0. The van der Waals surface area contributed by atoms with Crippen molar-refractivity contribution in [3.63, 3.8) is 0 Å². The van der Waals surface area contributed by atoms with Gasteiger partial charge in [-0.25, -0.2) is 0 Å². The van der Waals surface area contributed by atoms with E-state index in [2.05, 4.69) is 43.4 Å². The predicted octanol–water partition coefficient (Wildman–Crippen LogP) is 4.09. The first kappa shape index (κ1) is 12.6. The second kappa shape index (κ2) is 6.20. The largest absolute Gasteiger partial charge is 0.310 e. The smallest absolute Gasteiger partial charge is 0.0323 e. The van der Waals surface area contributed by atoms with Gasteiger partial charge in [0.05, 0.1) is 0 Å². The molecule has 0 fully saturated rings. The lowest BCUT2D eigenvalue weighted by Gasteiger charge is -2.21. The van der Waals surface area contributed by atoms with E-state index in [1.807, 2.05) is 0 Å². The SMILES string of the molecule is CCC(C)CNC1CCCCc2ccccc21. The van der Waals surface area contributed by atoms with Crippen LogP contribution >= 0.6 is 0 Å². The zero-order chi connectivity index (χ0) is 12.1. The van der Waals surface area contributed by atoms with Crippen LogP contribution in [-0.4, -0.2) is 6.54 Å². The van der Waals surface area contributed by atoms with Crippen LogP contribution in [0.4, 0.5) is 0 Å². The van der Waals surface area contributed by atoms with Crippen molar-refractivity contribution in [1.82, 2.24) is 5.32 Å². The van der Waals surface area contributed by atoms with E-state index in [0.29, 0.717) is 6.04 Å². The van der Waals surface area contributed by atoms with Crippen LogP contribution in [0, 0.1) is 5.92 Å². The van der Waals surface area contributed by atoms with E-state index in [4.69, 9.17) is 0 Å². The molecule has 0 bridgehead atoms. The maximum Gasteiger partial charge on any atom is 0.0323 e. The molecule has 0 radical (unpaired) electrons. The number of hydrogen-bond acceptors (Lipinski definition) is 1. The summed E-state index contributed by atoms with van der Waals surface area (Å²) in [6.07, 6.45) is 6.53. The van der Waals surface area contributed by atoms with E-state index >= 15 is 0 Å². The molecule has 0 amide bonds. The van der Waals surface area contributed by atoms with Gasteiger partial charge in [-0.1, -0.05) is 51.0 Å². The Kier molecular flexibility index (Phi) is 4.61. The molecule has 0 heterocycles. The van der Waals surface area contributed by atoms with Crippen molar-refractivity contribution < 1.29 is 0 Å². The molecule has 0 aliphatic heterocycles. The quantitative estimate of drug-likeness (QED) is 0.770. The minimum atomic E-state index is 0.586. The molecule has 17 heavy (non-hydrogen) atoms. The van der Waals surface area contributed by atoms with Crippen molar-refractivity contribution in [2.45, 2.75) is 52.0 Å². The lowest BCUT2D eigenvalue weighted by atomic mass is 9.98. The maximum absolute atomic E-state index is 3.77. The van der Waals surface area contributed by atoms with Crippen LogP contribution in [0.25, 0.3) is 0 Å². The Bertz CT molecular complexity index is 345. The van der Waals surface area contributed by atoms with Gasteiger partial charge >= 0.3 is 0 Å². The minimum Gasteiger partial charge on any atom is -0.310 e. The second-order valence-corrected chi connectivity index (χ2v) is 5.42. The molecule has 1 heteroatoms. The minimum absolute atomic E-state index is 0.586. The van der Waals surface area contributed by atoms with Crippen molar-refractivity contribution in [3.8, 4) is 0 Å². The molecule has 2 atom stereocenters. The van der Waals surface area contributed by atoms with Crippen molar-refractivity contribution in [3.05, 3.63) is 35.4 Å². The fourth-order valence-electron chi connectivity index (χ4n) is 2.62. The molecule has 0 spiro atoms. The van der Waals surface area contributed by atoms with Gasteiger partial charge in [-0.15, -0.1) is 0 Å². The molecular formula is C16H25N. The summed E-state index contributed by atoms with van der Waals surface area (Å²) in [6.45, 7) is 5.75. The molecule has 1 aromatic carbocycles. The summed E-state index contributed by atoms with van der Waals surface area (Å²) in [5.41, 5.74) is 3.11. The number of nitrogens with one attached hydrogen (secondary N) is 1. The lowest BCUT2D eigenvalue weighted by molar-refractivity contribution is 0.425. The Balaban J connectivity index is 2.06. The van der Waals surface area contributed by atoms with Gasteiger partial charge in [0.1, 0.15) is 0 Å². The highest BCUT2D eigenvalue weighted by Crippen LogP contribution is 2.28. The fourth-order valence-corrected chi connectivity index (χ4v) is 2.62. The Hall–Kier alpha value is -0.820. The zero-order valence-electron chi connectivity index (χ0n) is 11.2. The van der Waals surface area contributed by atoms with Gasteiger partial charge < -0.3 is 5.32 Å². The molecule has 0 aromatic heterocycles. The Labute approximate surface area is 106 Å². The first-order chi connectivity index (χ1) is 8.31. The summed E-state index contributed by atoms with van der Waals surface area (Å²) in [5, 5.41) is 3.77. The Morgan fingerprint density at radius 2 is 2.12 bits per heavy atom. The number of hydrogen-bond donors (Lipinski definition) is 1. The van der Waals surface area contributed by atoms with Crippen molar-refractivity contribution in [2.24, 2.45) is 5.92 Å². The molecule has 1 N–H and O–H groups in total. The van der Waals surface area contributed by atoms with Crippen molar-refractivity contribution >= 4 is 0 Å². The van der Waals surface area contributed by atoms with Gasteiger partial charge in [0.15, 0.2) is 0 Å². The van der Waals surface area contributed by atoms with E-state index in [1.165, 1.54) is 32.1 Å². The molecule has 1 nitrogen and oxygen atoms in total. The molecule has 1 aliphatic rings. The van der Waals surface area contributed by atoms with Crippen molar-refractivity contribution in [1.29, 1.82) is 0 Å². The number of rotatable bonds is 4. The summed E-state index contributed by atoms with van der Waals surface area (Å²) in [6, 6.07) is 9.56. The standard InChI is InChI=1S/C16H25N/c1-3-13(2)12-17-16-11-7-5-9-14-8-4-6-10-15(14)16/h4,6,8,10,13,16-17H,3,5,7,9,11-12H2,1-2H3. The number of aryl methyl sites for hydroxylation is 1.